The van der Waals surface area contributed by atoms with Crippen molar-refractivity contribution in [3.63, 3.8) is 0 Å². The van der Waals surface area contributed by atoms with Crippen molar-refractivity contribution in [2.24, 2.45) is 5.92 Å². The van der Waals surface area contributed by atoms with Crippen LogP contribution in [0.2, 0.25) is 0 Å². The minimum Gasteiger partial charge on any atom is -0.338 e. The fourth-order valence-corrected chi connectivity index (χ4v) is 1.88. The summed E-state index contributed by atoms with van der Waals surface area (Å²) >= 11 is 0. The Balaban J connectivity index is 2.27. The molecule has 1 atom stereocenters. The van der Waals surface area contributed by atoms with Gasteiger partial charge in [-0.3, -0.25) is 0 Å². The summed E-state index contributed by atoms with van der Waals surface area (Å²) in [7, 11) is 0. The van der Waals surface area contributed by atoms with Crippen LogP contribution in [0.4, 0.5) is 10.5 Å². The first-order chi connectivity index (χ1) is 8.76. The van der Waals surface area contributed by atoms with Gasteiger partial charge in [0.05, 0.1) is 0 Å². The van der Waals surface area contributed by atoms with Gasteiger partial charge in [0.1, 0.15) is 0 Å². The number of rotatable bonds is 7. The number of urea groups is 1. The zero-order valence-electron chi connectivity index (χ0n) is 11.4. The van der Waals surface area contributed by atoms with E-state index < -0.39 is 0 Å². The third-order valence-electron chi connectivity index (χ3n) is 3.13. The number of carbonyl (C=O) groups excluding carboxylic acids is 1. The van der Waals surface area contributed by atoms with Gasteiger partial charge in [0.25, 0.3) is 0 Å². The Morgan fingerprint density at radius 2 is 1.94 bits per heavy atom. The summed E-state index contributed by atoms with van der Waals surface area (Å²) in [5.74, 6) is 0.589. The highest BCUT2D eigenvalue weighted by atomic mass is 16.2. The Bertz CT molecular complexity index is 338. The van der Waals surface area contributed by atoms with E-state index in [4.69, 9.17) is 0 Å². The van der Waals surface area contributed by atoms with E-state index >= 15 is 0 Å². The zero-order valence-corrected chi connectivity index (χ0v) is 11.4. The van der Waals surface area contributed by atoms with Crippen molar-refractivity contribution >= 4 is 11.7 Å². The Morgan fingerprint density at radius 3 is 2.56 bits per heavy atom. The average molecular weight is 248 g/mol. The van der Waals surface area contributed by atoms with Crippen LogP contribution in [0.3, 0.4) is 0 Å². The lowest BCUT2D eigenvalue weighted by Gasteiger charge is -2.15. The number of hydrogen-bond acceptors (Lipinski definition) is 1. The van der Waals surface area contributed by atoms with Gasteiger partial charge in [-0.05, 0) is 24.5 Å². The molecule has 3 nitrogen and oxygen atoms in total. The summed E-state index contributed by atoms with van der Waals surface area (Å²) in [6.07, 6.45) is 4.76. The minimum absolute atomic E-state index is 0.115. The lowest BCUT2D eigenvalue weighted by atomic mass is 9.99. The molecular weight excluding hydrogens is 224 g/mol. The minimum atomic E-state index is -0.115. The van der Waals surface area contributed by atoms with Gasteiger partial charge in [-0.2, -0.15) is 0 Å². The molecule has 2 N–H and O–H groups in total. The molecule has 0 radical (unpaired) electrons. The summed E-state index contributed by atoms with van der Waals surface area (Å²) in [4.78, 5) is 11.7. The second kappa shape index (κ2) is 8.56. The van der Waals surface area contributed by atoms with E-state index in [0.717, 1.165) is 18.7 Å². The summed E-state index contributed by atoms with van der Waals surface area (Å²) < 4.78 is 0. The lowest BCUT2D eigenvalue weighted by molar-refractivity contribution is 0.249. The Labute approximate surface area is 110 Å². The number of hydrogen-bond donors (Lipinski definition) is 2. The molecule has 0 aliphatic rings. The molecule has 1 aromatic rings. The quantitative estimate of drug-likeness (QED) is 0.751. The van der Waals surface area contributed by atoms with Gasteiger partial charge < -0.3 is 10.6 Å². The van der Waals surface area contributed by atoms with Gasteiger partial charge in [-0.1, -0.05) is 51.3 Å². The van der Waals surface area contributed by atoms with Crippen molar-refractivity contribution in [3.8, 4) is 0 Å². The second-order valence-electron chi connectivity index (χ2n) is 4.62. The molecule has 0 bridgehead atoms. The van der Waals surface area contributed by atoms with Gasteiger partial charge in [-0.25, -0.2) is 4.79 Å². The van der Waals surface area contributed by atoms with Gasteiger partial charge in [0.15, 0.2) is 0 Å². The fourth-order valence-electron chi connectivity index (χ4n) is 1.88. The van der Waals surface area contributed by atoms with Crippen LogP contribution in [0, 0.1) is 5.92 Å². The first-order valence-electron chi connectivity index (χ1n) is 6.86. The molecule has 0 saturated carbocycles. The summed E-state index contributed by atoms with van der Waals surface area (Å²) in [6.45, 7) is 5.13. The van der Waals surface area contributed by atoms with Crippen molar-refractivity contribution in [2.45, 2.75) is 39.5 Å². The molecule has 0 aromatic heterocycles. The highest BCUT2D eigenvalue weighted by Gasteiger charge is 2.07. The standard InChI is InChI=1S/C15H24N2O/c1-3-5-9-13(4-2)12-16-15(18)17-14-10-7-6-8-11-14/h6-8,10-11,13H,3-5,9,12H2,1-2H3,(H2,16,17,18). The highest BCUT2D eigenvalue weighted by molar-refractivity contribution is 5.89. The van der Waals surface area contributed by atoms with Crippen LogP contribution in [0.1, 0.15) is 39.5 Å². The van der Waals surface area contributed by atoms with Crippen LogP contribution in [-0.2, 0) is 0 Å². The predicted molar refractivity (Wildman–Crippen MR) is 76.8 cm³/mol. The smallest absolute Gasteiger partial charge is 0.319 e. The largest absolute Gasteiger partial charge is 0.338 e. The van der Waals surface area contributed by atoms with Crippen molar-refractivity contribution in [2.75, 3.05) is 11.9 Å². The molecule has 0 saturated heterocycles. The third-order valence-corrected chi connectivity index (χ3v) is 3.13. The molecule has 1 rings (SSSR count). The van der Waals surface area contributed by atoms with Crippen LogP contribution < -0.4 is 10.6 Å². The number of amides is 2. The maximum Gasteiger partial charge on any atom is 0.319 e. The molecule has 0 aliphatic carbocycles. The van der Waals surface area contributed by atoms with E-state index in [1.165, 1.54) is 19.3 Å². The molecule has 1 aromatic carbocycles. The van der Waals surface area contributed by atoms with E-state index in [1.54, 1.807) is 0 Å². The van der Waals surface area contributed by atoms with Crippen molar-refractivity contribution in [3.05, 3.63) is 30.3 Å². The fraction of sp³-hybridized carbons (Fsp3) is 0.533. The number of unbranched alkanes of at least 4 members (excludes halogenated alkanes) is 1. The summed E-state index contributed by atoms with van der Waals surface area (Å²) in [6, 6.07) is 9.40. The first-order valence-corrected chi connectivity index (χ1v) is 6.86. The molecular formula is C15H24N2O. The van der Waals surface area contributed by atoms with E-state index in [-0.39, 0.29) is 6.03 Å². The van der Waals surface area contributed by atoms with E-state index in [0.29, 0.717) is 5.92 Å². The second-order valence-corrected chi connectivity index (χ2v) is 4.62. The van der Waals surface area contributed by atoms with Gasteiger partial charge >= 0.3 is 6.03 Å². The highest BCUT2D eigenvalue weighted by Crippen LogP contribution is 2.11. The van der Waals surface area contributed by atoms with Gasteiger partial charge in [0.2, 0.25) is 0 Å². The normalized spacial score (nSPS) is 11.9. The first kappa shape index (κ1) is 14.6. The van der Waals surface area contributed by atoms with E-state index in [9.17, 15) is 4.79 Å². The molecule has 1 unspecified atom stereocenters. The van der Waals surface area contributed by atoms with Crippen LogP contribution >= 0.6 is 0 Å². The number of nitrogens with one attached hydrogen (secondary N) is 2. The maximum atomic E-state index is 11.7. The van der Waals surface area contributed by atoms with Crippen molar-refractivity contribution in [1.82, 2.24) is 5.32 Å². The summed E-state index contributed by atoms with van der Waals surface area (Å²) in [5.41, 5.74) is 0.830. The predicted octanol–water partition coefficient (Wildman–Crippen LogP) is 4.02. The number of anilines is 1. The number of para-hydroxylation sites is 1. The van der Waals surface area contributed by atoms with Crippen LogP contribution in [0.25, 0.3) is 0 Å². The molecule has 0 aliphatic heterocycles. The monoisotopic (exact) mass is 248 g/mol. The third kappa shape index (κ3) is 5.71. The number of benzene rings is 1. The van der Waals surface area contributed by atoms with Crippen molar-refractivity contribution < 1.29 is 4.79 Å². The average Bonchev–Trinajstić information content (AvgIpc) is 2.40. The molecule has 0 spiro atoms. The van der Waals surface area contributed by atoms with Crippen LogP contribution in [-0.4, -0.2) is 12.6 Å². The van der Waals surface area contributed by atoms with Crippen LogP contribution in [0.5, 0.6) is 0 Å². The van der Waals surface area contributed by atoms with Gasteiger partial charge in [-0.15, -0.1) is 0 Å². The lowest BCUT2D eigenvalue weighted by Crippen LogP contribution is -2.32. The van der Waals surface area contributed by atoms with E-state index in [2.05, 4.69) is 24.5 Å². The van der Waals surface area contributed by atoms with Gasteiger partial charge in [0, 0.05) is 12.2 Å². The molecule has 0 heterocycles. The Morgan fingerprint density at radius 1 is 1.22 bits per heavy atom. The topological polar surface area (TPSA) is 41.1 Å². The van der Waals surface area contributed by atoms with E-state index in [1.807, 2.05) is 30.3 Å². The zero-order chi connectivity index (χ0) is 13.2. The SMILES string of the molecule is CCCCC(CC)CNC(=O)Nc1ccccc1. The molecule has 100 valence electrons. The Kier molecular flexibility index (Phi) is 6.92. The Hall–Kier alpha value is -1.51. The molecule has 0 fully saturated rings. The van der Waals surface area contributed by atoms with Crippen molar-refractivity contribution in [1.29, 1.82) is 0 Å². The maximum absolute atomic E-state index is 11.7. The van der Waals surface area contributed by atoms with Crippen LogP contribution in [0.15, 0.2) is 30.3 Å². The molecule has 2 amide bonds. The molecule has 3 heteroatoms. The number of carbonyl (C=O) groups is 1. The molecule has 18 heavy (non-hydrogen) atoms. The summed E-state index contributed by atoms with van der Waals surface area (Å²) in [5, 5.41) is 5.77.